The number of benzene rings is 1. The first-order chi connectivity index (χ1) is 10.7. The topological polar surface area (TPSA) is 93.2 Å². The van der Waals surface area contributed by atoms with Gasteiger partial charge in [0, 0.05) is 12.3 Å². The van der Waals surface area contributed by atoms with E-state index in [1.165, 1.54) is 18.2 Å². The lowest BCUT2D eigenvalue weighted by Gasteiger charge is -2.14. The van der Waals surface area contributed by atoms with Crippen LogP contribution < -0.4 is 21.3 Å². The standard InChI is InChI=1S/C13H10F3N3O4/c14-13(15,16)23-9-4-2-1-3-8(9)17-11(21)7-19-6-5-10(20)18-12(19)22/h1-6H,7H2,(H,17,21)(H,18,20,22). The van der Waals surface area contributed by atoms with Gasteiger partial charge in [-0.3, -0.25) is 19.1 Å². The van der Waals surface area contributed by atoms with Crippen molar-refractivity contribution in [3.63, 3.8) is 0 Å². The van der Waals surface area contributed by atoms with Gasteiger partial charge in [0.2, 0.25) is 5.91 Å². The Kier molecular flexibility index (Phi) is 4.53. The number of amides is 1. The van der Waals surface area contributed by atoms with Gasteiger partial charge in [-0.25, -0.2) is 4.79 Å². The molecule has 1 amide bonds. The number of hydrogen-bond donors (Lipinski definition) is 2. The molecular formula is C13H10F3N3O4. The third-order valence-corrected chi connectivity index (χ3v) is 2.60. The van der Waals surface area contributed by atoms with Crippen LogP contribution >= 0.6 is 0 Å². The first kappa shape index (κ1) is 16.3. The maximum atomic E-state index is 12.3. The lowest BCUT2D eigenvalue weighted by atomic mass is 10.3. The number of para-hydroxylation sites is 2. The lowest BCUT2D eigenvalue weighted by Crippen LogP contribution is -2.32. The number of H-pyrrole nitrogens is 1. The van der Waals surface area contributed by atoms with Gasteiger partial charge in [0.05, 0.1) is 5.69 Å². The maximum Gasteiger partial charge on any atom is 0.573 e. The van der Waals surface area contributed by atoms with E-state index in [4.69, 9.17) is 0 Å². The Morgan fingerprint density at radius 1 is 1.22 bits per heavy atom. The average molecular weight is 329 g/mol. The number of ether oxygens (including phenoxy) is 1. The second kappa shape index (κ2) is 6.38. The minimum atomic E-state index is -4.91. The molecule has 0 atom stereocenters. The molecule has 23 heavy (non-hydrogen) atoms. The molecule has 2 N–H and O–H groups in total. The SMILES string of the molecule is O=C(Cn1ccc(=O)[nH]c1=O)Nc1ccccc1OC(F)(F)F. The fraction of sp³-hybridized carbons (Fsp3) is 0.154. The van der Waals surface area contributed by atoms with Gasteiger partial charge in [-0.05, 0) is 12.1 Å². The van der Waals surface area contributed by atoms with Crippen molar-refractivity contribution in [3.8, 4) is 5.75 Å². The molecule has 2 aromatic rings. The summed E-state index contributed by atoms with van der Waals surface area (Å²) in [5.74, 6) is -1.35. The number of carbonyl (C=O) groups is 1. The minimum absolute atomic E-state index is 0.202. The Labute approximate surface area is 126 Å². The molecule has 122 valence electrons. The first-order valence-electron chi connectivity index (χ1n) is 6.19. The summed E-state index contributed by atoms with van der Waals surface area (Å²) in [6.45, 7) is -0.490. The molecule has 10 heteroatoms. The highest BCUT2D eigenvalue weighted by atomic mass is 19.4. The molecule has 0 aliphatic heterocycles. The highest BCUT2D eigenvalue weighted by Crippen LogP contribution is 2.29. The smallest absolute Gasteiger partial charge is 0.404 e. The Balaban J connectivity index is 2.14. The summed E-state index contributed by atoms with van der Waals surface area (Å²) < 4.78 is 41.5. The summed E-state index contributed by atoms with van der Waals surface area (Å²) in [4.78, 5) is 36.1. The lowest BCUT2D eigenvalue weighted by molar-refractivity contribution is -0.274. The van der Waals surface area contributed by atoms with E-state index < -0.39 is 35.8 Å². The summed E-state index contributed by atoms with van der Waals surface area (Å²) in [5.41, 5.74) is -1.64. The molecular weight excluding hydrogens is 319 g/mol. The predicted molar refractivity (Wildman–Crippen MR) is 73.1 cm³/mol. The van der Waals surface area contributed by atoms with E-state index in [-0.39, 0.29) is 5.69 Å². The van der Waals surface area contributed by atoms with Crippen molar-refractivity contribution in [2.24, 2.45) is 0 Å². The van der Waals surface area contributed by atoms with E-state index in [0.717, 1.165) is 22.9 Å². The van der Waals surface area contributed by atoms with Crippen LogP contribution in [0.25, 0.3) is 0 Å². The quantitative estimate of drug-likeness (QED) is 0.877. The van der Waals surface area contributed by atoms with E-state index in [0.29, 0.717) is 0 Å². The van der Waals surface area contributed by atoms with Crippen LogP contribution in [0.5, 0.6) is 5.75 Å². The minimum Gasteiger partial charge on any atom is -0.404 e. The Morgan fingerprint density at radius 2 is 1.91 bits per heavy atom. The van der Waals surface area contributed by atoms with Crippen LogP contribution in [0.1, 0.15) is 0 Å². The number of carbonyl (C=O) groups excluding carboxylic acids is 1. The highest BCUT2D eigenvalue weighted by Gasteiger charge is 2.32. The van der Waals surface area contributed by atoms with Gasteiger partial charge in [0.25, 0.3) is 5.56 Å². The summed E-state index contributed by atoms with van der Waals surface area (Å²) >= 11 is 0. The zero-order valence-electron chi connectivity index (χ0n) is 11.4. The van der Waals surface area contributed by atoms with Gasteiger partial charge < -0.3 is 10.1 Å². The number of halogens is 3. The summed E-state index contributed by atoms with van der Waals surface area (Å²) in [6.07, 6.45) is -3.81. The molecule has 0 unspecified atom stereocenters. The zero-order chi connectivity index (χ0) is 17.0. The van der Waals surface area contributed by atoms with Crippen molar-refractivity contribution in [1.29, 1.82) is 0 Å². The largest absolute Gasteiger partial charge is 0.573 e. The number of rotatable bonds is 4. The number of nitrogens with zero attached hydrogens (tertiary/aromatic N) is 1. The Bertz CT molecular complexity index is 826. The van der Waals surface area contributed by atoms with Crippen LogP contribution in [0.4, 0.5) is 18.9 Å². The third-order valence-electron chi connectivity index (χ3n) is 2.60. The molecule has 0 fully saturated rings. The van der Waals surface area contributed by atoms with Crippen LogP contribution in [0.15, 0.2) is 46.1 Å². The van der Waals surface area contributed by atoms with E-state index in [1.54, 1.807) is 0 Å². The van der Waals surface area contributed by atoms with Gasteiger partial charge in [-0.2, -0.15) is 0 Å². The van der Waals surface area contributed by atoms with Gasteiger partial charge in [-0.15, -0.1) is 13.2 Å². The van der Waals surface area contributed by atoms with Crippen LogP contribution in [0, 0.1) is 0 Å². The molecule has 2 rings (SSSR count). The average Bonchev–Trinajstić information content (AvgIpc) is 2.42. The molecule has 1 heterocycles. The molecule has 0 aliphatic carbocycles. The molecule has 0 spiro atoms. The number of aromatic nitrogens is 2. The van der Waals surface area contributed by atoms with Crippen molar-refractivity contribution in [3.05, 3.63) is 57.4 Å². The number of nitrogens with one attached hydrogen (secondary N) is 2. The fourth-order valence-electron chi connectivity index (χ4n) is 1.70. The molecule has 0 bridgehead atoms. The molecule has 0 radical (unpaired) electrons. The second-order valence-electron chi connectivity index (χ2n) is 4.33. The predicted octanol–water partition coefficient (Wildman–Crippen LogP) is 1.07. The molecule has 1 aromatic carbocycles. The van der Waals surface area contributed by atoms with Crippen molar-refractivity contribution in [2.75, 3.05) is 5.32 Å². The van der Waals surface area contributed by atoms with Crippen LogP contribution in [-0.4, -0.2) is 21.8 Å². The van der Waals surface area contributed by atoms with E-state index >= 15 is 0 Å². The molecule has 1 aromatic heterocycles. The highest BCUT2D eigenvalue weighted by molar-refractivity contribution is 5.92. The monoisotopic (exact) mass is 329 g/mol. The van der Waals surface area contributed by atoms with Crippen molar-refractivity contribution >= 4 is 11.6 Å². The maximum absolute atomic E-state index is 12.3. The summed E-state index contributed by atoms with van der Waals surface area (Å²) in [6, 6.07) is 6.01. The van der Waals surface area contributed by atoms with Crippen LogP contribution in [0.3, 0.4) is 0 Å². The van der Waals surface area contributed by atoms with Crippen LogP contribution in [-0.2, 0) is 11.3 Å². The van der Waals surface area contributed by atoms with Gasteiger partial charge in [0.15, 0.2) is 5.75 Å². The van der Waals surface area contributed by atoms with Crippen molar-refractivity contribution in [1.82, 2.24) is 9.55 Å². The fourth-order valence-corrected chi connectivity index (χ4v) is 1.70. The van der Waals surface area contributed by atoms with Gasteiger partial charge >= 0.3 is 12.1 Å². The van der Waals surface area contributed by atoms with E-state index in [2.05, 4.69) is 10.1 Å². The molecule has 7 nitrogen and oxygen atoms in total. The second-order valence-corrected chi connectivity index (χ2v) is 4.33. The number of anilines is 1. The normalized spacial score (nSPS) is 11.1. The van der Waals surface area contributed by atoms with E-state index in [9.17, 15) is 27.6 Å². The summed E-state index contributed by atoms with van der Waals surface area (Å²) in [7, 11) is 0. The number of hydrogen-bond acceptors (Lipinski definition) is 4. The Morgan fingerprint density at radius 3 is 2.57 bits per heavy atom. The van der Waals surface area contributed by atoms with Gasteiger partial charge in [0.1, 0.15) is 6.54 Å². The van der Waals surface area contributed by atoms with Gasteiger partial charge in [-0.1, -0.05) is 12.1 Å². The molecule has 0 saturated heterocycles. The zero-order valence-corrected chi connectivity index (χ0v) is 11.4. The summed E-state index contributed by atoms with van der Waals surface area (Å²) in [5, 5.41) is 2.21. The number of aromatic amines is 1. The molecule has 0 aliphatic rings. The van der Waals surface area contributed by atoms with Crippen LogP contribution in [0.2, 0.25) is 0 Å². The first-order valence-corrected chi connectivity index (χ1v) is 6.19. The van der Waals surface area contributed by atoms with Crippen molar-refractivity contribution < 1.29 is 22.7 Å². The Hall–Kier alpha value is -3.04. The molecule has 0 saturated carbocycles. The third kappa shape index (κ3) is 4.73. The van der Waals surface area contributed by atoms with Crippen molar-refractivity contribution in [2.45, 2.75) is 12.9 Å². The number of alkyl halides is 3. The van der Waals surface area contributed by atoms with E-state index in [1.807, 2.05) is 4.98 Å².